The van der Waals surface area contributed by atoms with Gasteiger partial charge in [0.15, 0.2) is 0 Å². The third-order valence-corrected chi connectivity index (χ3v) is 5.14. The summed E-state index contributed by atoms with van der Waals surface area (Å²) < 4.78 is 34.7. The zero-order chi connectivity index (χ0) is 19.1. The minimum absolute atomic E-state index is 0.0553. The molecular weight excluding hydrogens is 362 g/mol. The second-order valence-corrected chi connectivity index (χ2v) is 7.57. The Morgan fingerprint density at radius 2 is 1.41 bits per heavy atom. The fraction of sp³-hybridized carbons (Fsp3) is 0.143. The van der Waals surface area contributed by atoms with Crippen LogP contribution in [0.3, 0.4) is 0 Å². The number of ether oxygens (including phenoxy) is 1. The first kappa shape index (κ1) is 18.9. The molecule has 3 aromatic rings. The summed E-state index contributed by atoms with van der Waals surface area (Å²) in [6, 6.07) is 23.8. The van der Waals surface area contributed by atoms with Gasteiger partial charge in [-0.15, -0.1) is 0 Å². The Kier molecular flexibility index (Phi) is 6.11. The standard InChI is InChI=1S/C21H21NO4S/c1-17-7-13-21(14-8-17)27(23,24)26-16-15-25-20-11-9-19(10-12-20)22-18-5-3-2-4-6-18/h2-14,22H,15-16H2,1H3. The average Bonchev–Trinajstić information content (AvgIpc) is 2.68. The van der Waals surface area contributed by atoms with Crippen LogP contribution in [0.2, 0.25) is 0 Å². The molecule has 27 heavy (non-hydrogen) atoms. The molecule has 1 N–H and O–H groups in total. The summed E-state index contributed by atoms with van der Waals surface area (Å²) in [5.41, 5.74) is 2.93. The highest BCUT2D eigenvalue weighted by Gasteiger charge is 2.14. The SMILES string of the molecule is Cc1ccc(S(=O)(=O)OCCOc2ccc(Nc3ccccc3)cc2)cc1. The molecule has 5 nitrogen and oxygen atoms in total. The van der Waals surface area contributed by atoms with E-state index < -0.39 is 10.1 Å². The second kappa shape index (κ2) is 8.70. The number of anilines is 2. The Hall–Kier alpha value is -2.83. The highest BCUT2D eigenvalue weighted by molar-refractivity contribution is 7.86. The van der Waals surface area contributed by atoms with Crippen LogP contribution in [-0.2, 0) is 14.3 Å². The van der Waals surface area contributed by atoms with E-state index >= 15 is 0 Å². The van der Waals surface area contributed by atoms with Crippen molar-refractivity contribution < 1.29 is 17.3 Å². The Morgan fingerprint density at radius 3 is 2.07 bits per heavy atom. The van der Waals surface area contributed by atoms with Crippen molar-refractivity contribution in [2.75, 3.05) is 18.5 Å². The molecule has 0 unspecified atom stereocenters. The van der Waals surface area contributed by atoms with Crippen molar-refractivity contribution in [1.29, 1.82) is 0 Å². The van der Waals surface area contributed by atoms with Gasteiger partial charge in [-0.3, -0.25) is 4.18 Å². The van der Waals surface area contributed by atoms with Gasteiger partial charge in [0.1, 0.15) is 19.0 Å². The highest BCUT2D eigenvalue weighted by atomic mass is 32.2. The third kappa shape index (κ3) is 5.57. The van der Waals surface area contributed by atoms with Crippen molar-refractivity contribution in [2.24, 2.45) is 0 Å². The molecular formula is C21H21NO4S. The van der Waals surface area contributed by atoms with E-state index in [0.29, 0.717) is 5.75 Å². The van der Waals surface area contributed by atoms with E-state index in [1.54, 1.807) is 12.1 Å². The minimum atomic E-state index is -3.76. The molecule has 0 heterocycles. The van der Waals surface area contributed by atoms with E-state index in [9.17, 15) is 8.42 Å². The minimum Gasteiger partial charge on any atom is -0.491 e. The van der Waals surface area contributed by atoms with Crippen LogP contribution < -0.4 is 10.1 Å². The molecule has 0 aromatic heterocycles. The van der Waals surface area contributed by atoms with E-state index in [1.165, 1.54) is 12.1 Å². The van der Waals surface area contributed by atoms with E-state index in [4.69, 9.17) is 8.92 Å². The number of nitrogens with one attached hydrogen (secondary N) is 1. The predicted octanol–water partition coefficient (Wildman–Crippen LogP) is 4.52. The van der Waals surface area contributed by atoms with Gasteiger partial charge in [0, 0.05) is 11.4 Å². The maximum Gasteiger partial charge on any atom is 0.297 e. The summed E-state index contributed by atoms with van der Waals surface area (Å²) in [6.45, 7) is 1.97. The number of aryl methyl sites for hydroxylation is 1. The fourth-order valence-corrected chi connectivity index (χ4v) is 3.29. The van der Waals surface area contributed by atoms with Crippen molar-refractivity contribution in [3.8, 4) is 5.75 Å². The summed E-state index contributed by atoms with van der Waals surface area (Å²) in [7, 11) is -3.76. The summed E-state index contributed by atoms with van der Waals surface area (Å²) in [4.78, 5) is 0.143. The molecule has 0 saturated heterocycles. The maximum atomic E-state index is 12.1. The number of hydrogen-bond acceptors (Lipinski definition) is 5. The monoisotopic (exact) mass is 383 g/mol. The lowest BCUT2D eigenvalue weighted by atomic mass is 10.2. The van der Waals surface area contributed by atoms with Gasteiger partial charge in [-0.05, 0) is 55.5 Å². The van der Waals surface area contributed by atoms with Crippen LogP contribution in [0.4, 0.5) is 11.4 Å². The quantitative estimate of drug-likeness (QED) is 0.458. The Bertz CT molecular complexity index is 953. The van der Waals surface area contributed by atoms with Crippen LogP contribution in [0, 0.1) is 6.92 Å². The molecule has 0 spiro atoms. The van der Waals surface area contributed by atoms with Crippen LogP contribution in [0.1, 0.15) is 5.56 Å². The molecule has 0 saturated carbocycles. The van der Waals surface area contributed by atoms with Crippen LogP contribution in [0.15, 0.2) is 83.8 Å². The van der Waals surface area contributed by atoms with Gasteiger partial charge in [0.25, 0.3) is 10.1 Å². The molecule has 0 atom stereocenters. The Balaban J connectivity index is 1.47. The smallest absolute Gasteiger partial charge is 0.297 e. The van der Waals surface area contributed by atoms with E-state index in [0.717, 1.165) is 16.9 Å². The first-order valence-electron chi connectivity index (χ1n) is 8.54. The predicted molar refractivity (Wildman–Crippen MR) is 106 cm³/mol. The van der Waals surface area contributed by atoms with Crippen molar-refractivity contribution in [2.45, 2.75) is 11.8 Å². The Labute approximate surface area is 159 Å². The number of para-hydroxylation sites is 1. The molecule has 0 radical (unpaired) electrons. The van der Waals surface area contributed by atoms with E-state index in [1.807, 2.05) is 61.5 Å². The Morgan fingerprint density at radius 1 is 0.778 bits per heavy atom. The summed E-state index contributed by atoms with van der Waals surface area (Å²) >= 11 is 0. The molecule has 140 valence electrons. The van der Waals surface area contributed by atoms with Crippen LogP contribution in [-0.4, -0.2) is 21.6 Å². The average molecular weight is 383 g/mol. The summed E-state index contributed by atoms with van der Waals surface area (Å²) in [5, 5.41) is 3.28. The second-order valence-electron chi connectivity index (χ2n) is 5.95. The first-order chi connectivity index (χ1) is 13.0. The molecule has 6 heteroatoms. The van der Waals surface area contributed by atoms with Crippen molar-refractivity contribution >= 4 is 21.5 Å². The molecule has 0 amide bonds. The van der Waals surface area contributed by atoms with Crippen LogP contribution >= 0.6 is 0 Å². The normalized spacial score (nSPS) is 11.1. The fourth-order valence-electron chi connectivity index (χ4n) is 2.40. The van der Waals surface area contributed by atoms with E-state index in [-0.39, 0.29) is 18.1 Å². The zero-order valence-electron chi connectivity index (χ0n) is 15.0. The maximum absolute atomic E-state index is 12.1. The third-order valence-electron chi connectivity index (χ3n) is 3.82. The molecule has 0 bridgehead atoms. The van der Waals surface area contributed by atoms with Crippen molar-refractivity contribution in [3.63, 3.8) is 0 Å². The number of hydrogen-bond donors (Lipinski definition) is 1. The lowest BCUT2D eigenvalue weighted by Crippen LogP contribution is -2.13. The topological polar surface area (TPSA) is 64.6 Å². The van der Waals surface area contributed by atoms with Crippen molar-refractivity contribution in [1.82, 2.24) is 0 Å². The molecule has 0 aliphatic heterocycles. The zero-order valence-corrected chi connectivity index (χ0v) is 15.8. The largest absolute Gasteiger partial charge is 0.491 e. The number of benzene rings is 3. The van der Waals surface area contributed by atoms with Gasteiger partial charge in [0.05, 0.1) is 4.90 Å². The molecule has 3 aromatic carbocycles. The van der Waals surface area contributed by atoms with Gasteiger partial charge in [-0.2, -0.15) is 8.42 Å². The lowest BCUT2D eigenvalue weighted by Gasteiger charge is -2.10. The van der Waals surface area contributed by atoms with Gasteiger partial charge in [-0.25, -0.2) is 0 Å². The van der Waals surface area contributed by atoms with E-state index in [2.05, 4.69) is 5.32 Å². The van der Waals surface area contributed by atoms with Gasteiger partial charge in [0.2, 0.25) is 0 Å². The molecule has 0 aliphatic rings. The summed E-state index contributed by atoms with van der Waals surface area (Å²) in [5.74, 6) is 0.643. The van der Waals surface area contributed by atoms with Crippen LogP contribution in [0.5, 0.6) is 5.75 Å². The first-order valence-corrected chi connectivity index (χ1v) is 9.95. The number of rotatable bonds is 8. The van der Waals surface area contributed by atoms with Gasteiger partial charge in [-0.1, -0.05) is 35.9 Å². The van der Waals surface area contributed by atoms with Crippen LogP contribution in [0.25, 0.3) is 0 Å². The van der Waals surface area contributed by atoms with Crippen molar-refractivity contribution in [3.05, 3.63) is 84.4 Å². The lowest BCUT2D eigenvalue weighted by molar-refractivity contribution is 0.221. The molecule has 0 aliphatic carbocycles. The van der Waals surface area contributed by atoms with Gasteiger partial charge >= 0.3 is 0 Å². The summed E-state index contributed by atoms with van der Waals surface area (Å²) in [6.07, 6.45) is 0. The van der Waals surface area contributed by atoms with Gasteiger partial charge < -0.3 is 10.1 Å². The molecule has 3 rings (SSSR count). The highest BCUT2D eigenvalue weighted by Crippen LogP contribution is 2.20. The molecule has 0 fully saturated rings.